The average Bonchev–Trinajstić information content (AvgIpc) is 2.93. The van der Waals surface area contributed by atoms with Crippen molar-refractivity contribution in [3.63, 3.8) is 0 Å². The molecule has 124 valence electrons. The maximum Gasteiger partial charge on any atom is 0.243 e. The van der Waals surface area contributed by atoms with E-state index in [1.54, 1.807) is 20.4 Å². The van der Waals surface area contributed by atoms with Crippen LogP contribution in [0.3, 0.4) is 0 Å². The highest BCUT2D eigenvalue weighted by atomic mass is 127. The van der Waals surface area contributed by atoms with Gasteiger partial charge in [0.1, 0.15) is 12.3 Å². The van der Waals surface area contributed by atoms with Gasteiger partial charge in [-0.1, -0.05) is 12.2 Å². The number of hydrogen-bond donors (Lipinski definition) is 2. The zero-order valence-electron chi connectivity index (χ0n) is 13.4. The number of amides is 1. The zero-order valence-corrected chi connectivity index (χ0v) is 15.7. The molecule has 0 bridgehead atoms. The van der Waals surface area contributed by atoms with Gasteiger partial charge in [-0.3, -0.25) is 4.79 Å². The van der Waals surface area contributed by atoms with E-state index in [0.717, 1.165) is 17.8 Å². The van der Waals surface area contributed by atoms with Crippen LogP contribution in [0.5, 0.6) is 0 Å². The maximum absolute atomic E-state index is 11.6. The summed E-state index contributed by atoms with van der Waals surface area (Å²) in [5.41, 5.74) is 0.995. The summed E-state index contributed by atoms with van der Waals surface area (Å²) in [6.45, 7) is 7.16. The summed E-state index contributed by atoms with van der Waals surface area (Å²) >= 11 is 0. The SMILES string of the molecule is C=C(C)CNC(=NCC(=O)N(C)C)NCCc1ccco1.I. The number of likely N-dealkylation sites (N-methyl/N-ethyl adjacent to an activating group) is 1. The minimum absolute atomic E-state index is 0. The number of nitrogens with one attached hydrogen (secondary N) is 2. The van der Waals surface area contributed by atoms with Crippen LogP contribution in [0.1, 0.15) is 12.7 Å². The Morgan fingerprint density at radius 1 is 1.41 bits per heavy atom. The topological polar surface area (TPSA) is 69.9 Å². The summed E-state index contributed by atoms with van der Waals surface area (Å²) < 4.78 is 5.27. The molecule has 7 heteroatoms. The lowest BCUT2D eigenvalue weighted by Gasteiger charge is -2.13. The van der Waals surface area contributed by atoms with Crippen LogP contribution >= 0.6 is 24.0 Å². The van der Waals surface area contributed by atoms with Crippen molar-refractivity contribution in [3.05, 3.63) is 36.3 Å². The molecule has 0 aromatic carbocycles. The summed E-state index contributed by atoms with van der Waals surface area (Å²) in [4.78, 5) is 17.4. The molecule has 0 radical (unpaired) electrons. The summed E-state index contributed by atoms with van der Waals surface area (Å²) in [6, 6.07) is 3.79. The first kappa shape index (κ1) is 20.5. The average molecular weight is 420 g/mol. The van der Waals surface area contributed by atoms with Crippen LogP contribution in [0.4, 0.5) is 0 Å². The summed E-state index contributed by atoms with van der Waals surface area (Å²) in [7, 11) is 3.42. The van der Waals surface area contributed by atoms with Gasteiger partial charge in [0.25, 0.3) is 0 Å². The third-order valence-electron chi connectivity index (χ3n) is 2.67. The third kappa shape index (κ3) is 8.71. The van der Waals surface area contributed by atoms with Gasteiger partial charge in [0.15, 0.2) is 5.96 Å². The zero-order chi connectivity index (χ0) is 15.7. The van der Waals surface area contributed by atoms with E-state index >= 15 is 0 Å². The molecule has 1 aromatic heterocycles. The number of hydrogen-bond acceptors (Lipinski definition) is 3. The lowest BCUT2D eigenvalue weighted by Crippen LogP contribution is -2.40. The highest BCUT2D eigenvalue weighted by Crippen LogP contribution is 1.99. The number of nitrogens with zero attached hydrogens (tertiary/aromatic N) is 2. The number of rotatable bonds is 7. The van der Waals surface area contributed by atoms with Crippen molar-refractivity contribution in [3.8, 4) is 0 Å². The van der Waals surface area contributed by atoms with Crippen molar-refractivity contribution in [2.75, 3.05) is 33.7 Å². The molecule has 1 amide bonds. The van der Waals surface area contributed by atoms with Crippen LogP contribution < -0.4 is 10.6 Å². The van der Waals surface area contributed by atoms with Gasteiger partial charge in [-0.15, -0.1) is 24.0 Å². The van der Waals surface area contributed by atoms with Gasteiger partial charge in [0.2, 0.25) is 5.91 Å². The van der Waals surface area contributed by atoms with Crippen molar-refractivity contribution in [1.82, 2.24) is 15.5 Å². The maximum atomic E-state index is 11.6. The van der Waals surface area contributed by atoms with E-state index in [9.17, 15) is 4.79 Å². The number of furan rings is 1. The molecule has 0 aliphatic rings. The summed E-state index contributed by atoms with van der Waals surface area (Å²) in [5, 5.41) is 6.31. The third-order valence-corrected chi connectivity index (χ3v) is 2.67. The predicted octanol–water partition coefficient (Wildman–Crippen LogP) is 1.64. The lowest BCUT2D eigenvalue weighted by molar-refractivity contribution is -0.127. The number of carbonyl (C=O) groups is 1. The van der Waals surface area contributed by atoms with Gasteiger partial charge in [0.05, 0.1) is 6.26 Å². The molecule has 1 heterocycles. The van der Waals surface area contributed by atoms with Gasteiger partial charge >= 0.3 is 0 Å². The molecule has 22 heavy (non-hydrogen) atoms. The fraction of sp³-hybridized carbons (Fsp3) is 0.467. The fourth-order valence-corrected chi connectivity index (χ4v) is 1.46. The van der Waals surface area contributed by atoms with E-state index < -0.39 is 0 Å². The first-order valence-electron chi connectivity index (χ1n) is 6.88. The van der Waals surface area contributed by atoms with Crippen molar-refractivity contribution >= 4 is 35.8 Å². The van der Waals surface area contributed by atoms with Crippen LogP contribution in [0.25, 0.3) is 0 Å². The number of halogens is 1. The second-order valence-electron chi connectivity index (χ2n) is 5.02. The molecule has 0 atom stereocenters. The summed E-state index contributed by atoms with van der Waals surface area (Å²) in [5.74, 6) is 1.46. The van der Waals surface area contributed by atoms with Crippen molar-refractivity contribution in [2.45, 2.75) is 13.3 Å². The van der Waals surface area contributed by atoms with E-state index in [-0.39, 0.29) is 36.4 Å². The first-order valence-corrected chi connectivity index (χ1v) is 6.88. The normalized spacial score (nSPS) is 10.6. The van der Waals surface area contributed by atoms with Gasteiger partial charge < -0.3 is 20.0 Å². The Morgan fingerprint density at radius 2 is 2.14 bits per heavy atom. The molecule has 1 rings (SSSR count). The van der Waals surface area contributed by atoms with Gasteiger partial charge in [0, 0.05) is 33.6 Å². The monoisotopic (exact) mass is 420 g/mol. The molecule has 0 fully saturated rings. The Hall–Kier alpha value is -1.51. The molecule has 0 aliphatic heterocycles. The highest BCUT2D eigenvalue weighted by Gasteiger charge is 2.04. The number of carbonyl (C=O) groups excluding carboxylic acids is 1. The quantitative estimate of drug-likeness (QED) is 0.305. The lowest BCUT2D eigenvalue weighted by atomic mass is 10.3. The molecule has 0 aliphatic carbocycles. The predicted molar refractivity (Wildman–Crippen MR) is 99.6 cm³/mol. The Bertz CT molecular complexity index is 484. The highest BCUT2D eigenvalue weighted by molar-refractivity contribution is 14.0. The van der Waals surface area contributed by atoms with Crippen LogP contribution in [-0.2, 0) is 11.2 Å². The Kier molecular flexibility index (Phi) is 10.3. The van der Waals surface area contributed by atoms with Crippen LogP contribution in [0.15, 0.2) is 40.0 Å². The standard InChI is InChI=1S/C15H24N4O2.HI/c1-12(2)10-17-15(18-11-14(20)19(3)4)16-8-7-13-6-5-9-21-13;/h5-6,9H,1,7-8,10-11H2,2-4H3,(H2,16,17,18);1H. The largest absolute Gasteiger partial charge is 0.469 e. The minimum atomic E-state index is -0.0440. The molecule has 6 nitrogen and oxygen atoms in total. The molecule has 0 saturated heterocycles. The first-order chi connectivity index (χ1) is 9.99. The summed E-state index contributed by atoms with van der Waals surface area (Å²) in [6.07, 6.45) is 2.40. The van der Waals surface area contributed by atoms with E-state index in [4.69, 9.17) is 4.42 Å². The molecule has 0 spiro atoms. The van der Waals surface area contributed by atoms with Crippen LogP contribution in [0, 0.1) is 0 Å². The van der Waals surface area contributed by atoms with Crippen LogP contribution in [-0.4, -0.2) is 50.5 Å². The second-order valence-corrected chi connectivity index (χ2v) is 5.02. The molecule has 0 saturated carbocycles. The van der Waals surface area contributed by atoms with Gasteiger partial charge in [-0.25, -0.2) is 4.99 Å². The van der Waals surface area contributed by atoms with Gasteiger partial charge in [-0.2, -0.15) is 0 Å². The van der Waals surface area contributed by atoms with E-state index in [0.29, 0.717) is 19.0 Å². The van der Waals surface area contributed by atoms with Crippen molar-refractivity contribution in [2.24, 2.45) is 4.99 Å². The molecular weight excluding hydrogens is 395 g/mol. The number of guanidine groups is 1. The Labute approximate surface area is 149 Å². The van der Waals surface area contributed by atoms with E-state index in [1.807, 2.05) is 19.1 Å². The Balaban J connectivity index is 0.00000441. The Morgan fingerprint density at radius 3 is 2.68 bits per heavy atom. The molecule has 0 unspecified atom stereocenters. The minimum Gasteiger partial charge on any atom is -0.469 e. The molecular formula is C15H25IN4O2. The van der Waals surface area contributed by atoms with Gasteiger partial charge in [-0.05, 0) is 19.1 Å². The van der Waals surface area contributed by atoms with Crippen LogP contribution in [0.2, 0.25) is 0 Å². The molecule has 2 N–H and O–H groups in total. The van der Waals surface area contributed by atoms with E-state index in [1.165, 1.54) is 4.90 Å². The second kappa shape index (κ2) is 11.1. The molecule has 1 aromatic rings. The van der Waals surface area contributed by atoms with Crippen molar-refractivity contribution in [1.29, 1.82) is 0 Å². The van der Waals surface area contributed by atoms with E-state index in [2.05, 4.69) is 22.2 Å². The van der Waals surface area contributed by atoms with Crippen molar-refractivity contribution < 1.29 is 9.21 Å². The fourth-order valence-electron chi connectivity index (χ4n) is 1.46. The number of aliphatic imine (C=N–C) groups is 1. The smallest absolute Gasteiger partial charge is 0.243 e.